The van der Waals surface area contributed by atoms with Crippen LogP contribution in [-0.2, 0) is 0 Å². The second-order valence-electron chi connectivity index (χ2n) is 3.77. The van der Waals surface area contributed by atoms with Crippen molar-refractivity contribution in [1.82, 2.24) is 14.9 Å². The van der Waals surface area contributed by atoms with Crippen LogP contribution in [0.1, 0.15) is 36.2 Å². The number of aliphatic hydroxyl groups excluding tert-OH is 1. The molecule has 1 heterocycles. The highest BCUT2D eigenvalue weighted by molar-refractivity contribution is 7.03. The second-order valence-corrected chi connectivity index (χ2v) is 4.38. The van der Waals surface area contributed by atoms with Gasteiger partial charge in [-0.05, 0) is 37.2 Å². The number of hydrogen-bond acceptors (Lipinski definition) is 5. The fourth-order valence-electron chi connectivity index (χ4n) is 1.74. The maximum Gasteiger partial charge on any atom is 0.272 e. The van der Waals surface area contributed by atoms with Crippen LogP contribution < -0.4 is 5.32 Å². The fourth-order valence-corrected chi connectivity index (χ4v) is 2.18. The molecule has 1 amide bonds. The van der Waals surface area contributed by atoms with Crippen LogP contribution in [0.25, 0.3) is 0 Å². The zero-order valence-corrected chi connectivity index (χ0v) is 9.04. The van der Waals surface area contributed by atoms with Crippen molar-refractivity contribution in [3.63, 3.8) is 0 Å². The average molecular weight is 227 g/mol. The molecule has 82 valence electrons. The molecule has 0 saturated heterocycles. The number of aromatic nitrogens is 2. The molecule has 0 bridgehead atoms. The van der Waals surface area contributed by atoms with Crippen molar-refractivity contribution in [3.8, 4) is 0 Å². The molecule has 1 aromatic rings. The van der Waals surface area contributed by atoms with E-state index in [4.69, 9.17) is 0 Å². The normalized spacial score (nSPS) is 26.2. The van der Waals surface area contributed by atoms with Crippen molar-refractivity contribution >= 4 is 17.4 Å². The van der Waals surface area contributed by atoms with Crippen molar-refractivity contribution in [1.29, 1.82) is 0 Å². The monoisotopic (exact) mass is 227 g/mol. The van der Waals surface area contributed by atoms with Gasteiger partial charge in [0, 0.05) is 11.4 Å². The Morgan fingerprint density at radius 1 is 1.47 bits per heavy atom. The van der Waals surface area contributed by atoms with Crippen LogP contribution in [0.15, 0.2) is 5.38 Å². The second kappa shape index (κ2) is 4.67. The number of hydrogen-bond donors (Lipinski definition) is 2. The molecule has 0 aromatic carbocycles. The SMILES string of the molecule is O=C(NC1CCC(O)CC1)c1csnn1. The lowest BCUT2D eigenvalue weighted by molar-refractivity contribution is 0.0863. The number of rotatable bonds is 2. The summed E-state index contributed by atoms with van der Waals surface area (Å²) in [5.74, 6) is -0.162. The number of nitrogens with one attached hydrogen (secondary N) is 1. The van der Waals surface area contributed by atoms with Crippen molar-refractivity contribution in [2.45, 2.75) is 37.8 Å². The summed E-state index contributed by atoms with van der Waals surface area (Å²) in [5, 5.41) is 17.5. The summed E-state index contributed by atoms with van der Waals surface area (Å²) in [6.07, 6.45) is 3.01. The highest BCUT2D eigenvalue weighted by Crippen LogP contribution is 2.18. The zero-order chi connectivity index (χ0) is 10.7. The number of carbonyl (C=O) groups excluding carboxylic acids is 1. The van der Waals surface area contributed by atoms with E-state index in [1.807, 2.05) is 0 Å². The zero-order valence-electron chi connectivity index (χ0n) is 8.22. The van der Waals surface area contributed by atoms with E-state index in [-0.39, 0.29) is 18.1 Å². The minimum absolute atomic E-state index is 0.162. The summed E-state index contributed by atoms with van der Waals surface area (Å²) in [6.45, 7) is 0. The van der Waals surface area contributed by atoms with Crippen LogP contribution in [0.5, 0.6) is 0 Å². The Hall–Kier alpha value is -1.01. The van der Waals surface area contributed by atoms with Crippen LogP contribution in [0.4, 0.5) is 0 Å². The molecule has 1 aromatic heterocycles. The molecule has 0 radical (unpaired) electrons. The third kappa shape index (κ3) is 2.73. The van der Waals surface area contributed by atoms with Crippen molar-refractivity contribution in [3.05, 3.63) is 11.1 Å². The van der Waals surface area contributed by atoms with Gasteiger partial charge in [-0.3, -0.25) is 4.79 Å². The van der Waals surface area contributed by atoms with Crippen LogP contribution in [-0.4, -0.2) is 32.7 Å². The Morgan fingerprint density at radius 3 is 2.80 bits per heavy atom. The largest absolute Gasteiger partial charge is 0.393 e. The predicted octanol–water partition coefficient (Wildman–Crippen LogP) is 0.571. The first-order valence-electron chi connectivity index (χ1n) is 5.01. The minimum Gasteiger partial charge on any atom is -0.393 e. The van der Waals surface area contributed by atoms with Crippen molar-refractivity contribution in [2.24, 2.45) is 0 Å². The lowest BCUT2D eigenvalue weighted by Gasteiger charge is -2.25. The summed E-state index contributed by atoms with van der Waals surface area (Å²) in [6, 6.07) is 0.169. The van der Waals surface area contributed by atoms with Crippen LogP contribution in [0.2, 0.25) is 0 Å². The smallest absolute Gasteiger partial charge is 0.272 e. The molecule has 1 saturated carbocycles. The molecule has 5 nitrogen and oxygen atoms in total. The Bertz CT molecular complexity index is 320. The van der Waals surface area contributed by atoms with E-state index >= 15 is 0 Å². The molecule has 1 aliphatic carbocycles. The summed E-state index contributed by atoms with van der Waals surface area (Å²) >= 11 is 1.17. The van der Waals surface area contributed by atoms with Gasteiger partial charge >= 0.3 is 0 Å². The van der Waals surface area contributed by atoms with Gasteiger partial charge in [0.25, 0.3) is 5.91 Å². The third-order valence-corrected chi connectivity index (χ3v) is 3.13. The molecule has 2 N–H and O–H groups in total. The first-order chi connectivity index (χ1) is 7.25. The highest BCUT2D eigenvalue weighted by atomic mass is 32.1. The number of nitrogens with zero attached hydrogens (tertiary/aromatic N) is 2. The van der Waals surface area contributed by atoms with E-state index in [0.717, 1.165) is 25.7 Å². The van der Waals surface area contributed by atoms with E-state index in [0.29, 0.717) is 5.69 Å². The van der Waals surface area contributed by atoms with E-state index in [1.54, 1.807) is 5.38 Å². The van der Waals surface area contributed by atoms with Gasteiger partial charge in [-0.1, -0.05) is 4.49 Å². The Labute approximate surface area is 91.7 Å². The molecule has 0 atom stereocenters. The summed E-state index contributed by atoms with van der Waals surface area (Å²) in [5.41, 5.74) is 0.381. The van der Waals surface area contributed by atoms with E-state index in [1.165, 1.54) is 11.5 Å². The lowest BCUT2D eigenvalue weighted by atomic mass is 9.93. The molecule has 2 rings (SSSR count). The quantitative estimate of drug-likeness (QED) is 0.774. The standard InChI is InChI=1S/C9H13N3O2S/c13-7-3-1-6(2-4-7)10-9(14)8-5-15-12-11-8/h5-7,13H,1-4H2,(H,10,14). The molecule has 15 heavy (non-hydrogen) atoms. The van der Waals surface area contributed by atoms with Crippen molar-refractivity contribution in [2.75, 3.05) is 0 Å². The molecule has 1 aliphatic rings. The van der Waals surface area contributed by atoms with Crippen LogP contribution in [0.3, 0.4) is 0 Å². The average Bonchev–Trinajstić information content (AvgIpc) is 2.74. The first kappa shape index (κ1) is 10.5. The molecule has 0 spiro atoms. The van der Waals surface area contributed by atoms with Gasteiger partial charge < -0.3 is 10.4 Å². The van der Waals surface area contributed by atoms with Crippen LogP contribution >= 0.6 is 11.5 Å². The molecular formula is C9H13N3O2S. The summed E-state index contributed by atoms with van der Waals surface area (Å²) in [4.78, 5) is 11.6. The van der Waals surface area contributed by atoms with Gasteiger partial charge in [-0.15, -0.1) is 5.10 Å². The van der Waals surface area contributed by atoms with Gasteiger partial charge in [-0.2, -0.15) is 0 Å². The number of amides is 1. The van der Waals surface area contributed by atoms with Gasteiger partial charge in [-0.25, -0.2) is 0 Å². The molecule has 6 heteroatoms. The van der Waals surface area contributed by atoms with E-state index < -0.39 is 0 Å². The van der Waals surface area contributed by atoms with Crippen LogP contribution in [0, 0.1) is 0 Å². The van der Waals surface area contributed by atoms with Gasteiger partial charge in [0.2, 0.25) is 0 Å². The number of aliphatic hydroxyl groups is 1. The molecule has 1 fully saturated rings. The van der Waals surface area contributed by atoms with Gasteiger partial charge in [0.1, 0.15) is 0 Å². The minimum atomic E-state index is -0.195. The van der Waals surface area contributed by atoms with E-state index in [2.05, 4.69) is 14.9 Å². The first-order valence-corrected chi connectivity index (χ1v) is 5.85. The van der Waals surface area contributed by atoms with E-state index in [9.17, 15) is 9.90 Å². The molecule has 0 unspecified atom stereocenters. The Kier molecular flexibility index (Phi) is 3.27. The Morgan fingerprint density at radius 2 is 2.20 bits per heavy atom. The highest BCUT2D eigenvalue weighted by Gasteiger charge is 2.21. The third-order valence-electron chi connectivity index (χ3n) is 2.62. The predicted molar refractivity (Wildman–Crippen MR) is 55.6 cm³/mol. The maximum absolute atomic E-state index is 11.6. The fraction of sp³-hybridized carbons (Fsp3) is 0.667. The Balaban J connectivity index is 1.85. The van der Waals surface area contributed by atoms with Crippen molar-refractivity contribution < 1.29 is 9.90 Å². The van der Waals surface area contributed by atoms with Gasteiger partial charge in [0.15, 0.2) is 5.69 Å². The number of carbonyl (C=O) groups is 1. The van der Waals surface area contributed by atoms with Gasteiger partial charge in [0.05, 0.1) is 6.10 Å². The maximum atomic E-state index is 11.6. The topological polar surface area (TPSA) is 75.1 Å². The molecule has 0 aliphatic heterocycles. The summed E-state index contributed by atoms with van der Waals surface area (Å²) < 4.78 is 3.64. The molecular weight excluding hydrogens is 214 g/mol. The summed E-state index contributed by atoms with van der Waals surface area (Å²) in [7, 11) is 0. The lowest BCUT2D eigenvalue weighted by Crippen LogP contribution is -2.38.